The van der Waals surface area contributed by atoms with Crippen molar-refractivity contribution in [2.45, 2.75) is 37.3 Å². The Balaban J connectivity index is 2.17. The second-order valence-corrected chi connectivity index (χ2v) is 4.23. The molecule has 2 fully saturated rings. The predicted molar refractivity (Wildman–Crippen MR) is 46.9 cm³/mol. The number of alkyl halides is 3. The summed E-state index contributed by atoms with van der Waals surface area (Å²) >= 11 is 0. The largest absolute Gasteiger partial charge is 0.522 e. The molecule has 0 aromatic rings. The minimum absolute atomic E-state index is 0.0406. The number of fused-ring (bicyclic) bond motifs is 1. The van der Waals surface area contributed by atoms with Gasteiger partial charge < -0.3 is 10.0 Å². The van der Waals surface area contributed by atoms with Crippen LogP contribution >= 0.6 is 0 Å². The van der Waals surface area contributed by atoms with Gasteiger partial charge >= 0.3 is 12.3 Å². The molecule has 0 bridgehead atoms. The van der Waals surface area contributed by atoms with Crippen LogP contribution in [0.1, 0.15) is 19.3 Å². The molecule has 0 aromatic carbocycles. The number of carbonyl (C=O) groups is 2. The van der Waals surface area contributed by atoms with Crippen LogP contribution in [0.5, 0.6) is 0 Å². The van der Waals surface area contributed by atoms with Crippen molar-refractivity contribution in [3.63, 3.8) is 0 Å². The molecule has 96 valence electrons. The van der Waals surface area contributed by atoms with Crippen LogP contribution in [-0.4, -0.2) is 46.4 Å². The van der Waals surface area contributed by atoms with Gasteiger partial charge in [-0.15, -0.1) is 13.2 Å². The number of halogens is 3. The van der Waals surface area contributed by atoms with Crippen molar-refractivity contribution in [1.82, 2.24) is 4.90 Å². The first-order valence-electron chi connectivity index (χ1n) is 5.03. The number of aliphatic carboxylic acids is 1. The van der Waals surface area contributed by atoms with E-state index < -0.39 is 29.9 Å². The SMILES string of the molecule is O=C1CC[C@@]2(C(=O)O)C[C@H](OC(F)(F)F)CN12. The van der Waals surface area contributed by atoms with Crippen molar-refractivity contribution in [2.75, 3.05) is 6.54 Å². The average molecular weight is 253 g/mol. The van der Waals surface area contributed by atoms with Crippen molar-refractivity contribution >= 4 is 11.9 Å². The van der Waals surface area contributed by atoms with Crippen LogP contribution in [0.4, 0.5) is 13.2 Å². The summed E-state index contributed by atoms with van der Waals surface area (Å²) in [5, 5.41) is 9.08. The zero-order valence-electron chi connectivity index (χ0n) is 8.66. The molecular weight excluding hydrogens is 243 g/mol. The summed E-state index contributed by atoms with van der Waals surface area (Å²) in [4.78, 5) is 23.5. The number of ether oxygens (including phenoxy) is 1. The maximum absolute atomic E-state index is 12.0. The summed E-state index contributed by atoms with van der Waals surface area (Å²) < 4.78 is 39.9. The molecule has 17 heavy (non-hydrogen) atoms. The standard InChI is InChI=1S/C9H10F3NO4/c10-9(11,12)17-5-3-8(7(15)16)2-1-6(14)13(8)4-5/h5H,1-4H2,(H,15,16)/t5-,8-/m0/s1. The Morgan fingerprint density at radius 2 is 2.18 bits per heavy atom. The summed E-state index contributed by atoms with van der Waals surface area (Å²) in [6.45, 7) is -0.315. The van der Waals surface area contributed by atoms with Gasteiger partial charge in [0.1, 0.15) is 5.54 Å². The van der Waals surface area contributed by atoms with Crippen molar-refractivity contribution < 1.29 is 32.6 Å². The van der Waals surface area contributed by atoms with Crippen LogP contribution in [0.15, 0.2) is 0 Å². The summed E-state index contributed by atoms with van der Waals surface area (Å²) in [6, 6.07) is 0. The van der Waals surface area contributed by atoms with Gasteiger partial charge in [-0.3, -0.25) is 9.53 Å². The molecule has 0 aliphatic carbocycles. The van der Waals surface area contributed by atoms with Gasteiger partial charge in [-0.2, -0.15) is 0 Å². The van der Waals surface area contributed by atoms with Gasteiger partial charge in [-0.05, 0) is 6.42 Å². The van der Waals surface area contributed by atoms with Gasteiger partial charge in [0.2, 0.25) is 5.91 Å². The molecule has 2 saturated heterocycles. The molecular formula is C9H10F3NO4. The first-order chi connectivity index (χ1) is 7.74. The number of amides is 1. The lowest BCUT2D eigenvalue weighted by molar-refractivity contribution is -0.340. The fourth-order valence-corrected chi connectivity index (χ4v) is 2.53. The van der Waals surface area contributed by atoms with Gasteiger partial charge in [0.15, 0.2) is 0 Å². The molecule has 2 rings (SSSR count). The maximum Gasteiger partial charge on any atom is 0.522 e. The Bertz CT molecular complexity index is 370. The first kappa shape index (κ1) is 12.2. The van der Waals surface area contributed by atoms with Crippen LogP contribution in [0.3, 0.4) is 0 Å². The van der Waals surface area contributed by atoms with E-state index in [1.807, 2.05) is 0 Å². The quantitative estimate of drug-likeness (QED) is 0.788. The number of carboxylic acids is 1. The Morgan fingerprint density at radius 3 is 2.65 bits per heavy atom. The van der Waals surface area contributed by atoms with E-state index in [2.05, 4.69) is 4.74 Å². The van der Waals surface area contributed by atoms with E-state index in [9.17, 15) is 22.8 Å². The summed E-state index contributed by atoms with van der Waals surface area (Å²) in [7, 11) is 0. The Morgan fingerprint density at radius 1 is 1.53 bits per heavy atom. The highest BCUT2D eigenvalue weighted by Crippen LogP contribution is 2.42. The van der Waals surface area contributed by atoms with E-state index in [4.69, 9.17) is 5.11 Å². The number of rotatable bonds is 2. The third-order valence-corrected chi connectivity index (χ3v) is 3.22. The van der Waals surface area contributed by atoms with Gasteiger partial charge in [0.25, 0.3) is 0 Å². The molecule has 0 saturated carbocycles. The van der Waals surface area contributed by atoms with Crippen LogP contribution in [-0.2, 0) is 14.3 Å². The van der Waals surface area contributed by atoms with E-state index in [1.165, 1.54) is 0 Å². The minimum Gasteiger partial charge on any atom is -0.479 e. The van der Waals surface area contributed by atoms with Crippen molar-refractivity contribution in [2.24, 2.45) is 0 Å². The lowest BCUT2D eigenvalue weighted by atomic mass is 9.93. The molecule has 0 aromatic heterocycles. The molecule has 1 amide bonds. The molecule has 0 spiro atoms. The fraction of sp³-hybridized carbons (Fsp3) is 0.778. The second-order valence-electron chi connectivity index (χ2n) is 4.23. The smallest absolute Gasteiger partial charge is 0.479 e. The number of carboxylic acid groups (broad SMARTS) is 1. The molecule has 0 unspecified atom stereocenters. The van der Waals surface area contributed by atoms with Crippen molar-refractivity contribution in [1.29, 1.82) is 0 Å². The molecule has 5 nitrogen and oxygen atoms in total. The highest BCUT2D eigenvalue weighted by molar-refractivity contribution is 5.91. The maximum atomic E-state index is 12.0. The Hall–Kier alpha value is -1.31. The number of carbonyl (C=O) groups excluding carboxylic acids is 1. The molecule has 8 heteroatoms. The van der Waals surface area contributed by atoms with Crippen LogP contribution in [0.25, 0.3) is 0 Å². The highest BCUT2D eigenvalue weighted by Gasteiger charge is 2.58. The third kappa shape index (κ3) is 1.97. The van der Waals surface area contributed by atoms with Crippen LogP contribution in [0, 0.1) is 0 Å². The number of hydrogen-bond acceptors (Lipinski definition) is 3. The van der Waals surface area contributed by atoms with E-state index in [0.29, 0.717) is 0 Å². The minimum atomic E-state index is -4.81. The van der Waals surface area contributed by atoms with Gasteiger partial charge in [0.05, 0.1) is 6.10 Å². The molecule has 0 radical (unpaired) electrons. The zero-order chi connectivity index (χ0) is 12.8. The van der Waals surface area contributed by atoms with Crippen molar-refractivity contribution in [3.05, 3.63) is 0 Å². The van der Waals surface area contributed by atoms with Gasteiger partial charge in [0, 0.05) is 19.4 Å². The number of hydrogen-bond donors (Lipinski definition) is 1. The molecule has 2 aliphatic heterocycles. The van der Waals surface area contributed by atoms with E-state index >= 15 is 0 Å². The topological polar surface area (TPSA) is 66.8 Å². The summed E-state index contributed by atoms with van der Waals surface area (Å²) in [6.07, 6.45) is -6.32. The Kier molecular flexibility index (Phi) is 2.57. The molecule has 2 atom stereocenters. The van der Waals surface area contributed by atoms with Gasteiger partial charge in [-0.25, -0.2) is 4.79 Å². The van der Waals surface area contributed by atoms with Gasteiger partial charge in [-0.1, -0.05) is 0 Å². The van der Waals surface area contributed by atoms with E-state index in [0.717, 1.165) is 4.90 Å². The van der Waals surface area contributed by atoms with E-state index in [-0.39, 0.29) is 25.8 Å². The predicted octanol–water partition coefficient (Wildman–Crippen LogP) is 0.741. The lowest BCUT2D eigenvalue weighted by Crippen LogP contribution is -2.47. The Labute approximate surface area is 94.1 Å². The average Bonchev–Trinajstić information content (AvgIpc) is 2.63. The summed E-state index contributed by atoms with van der Waals surface area (Å²) in [5.74, 6) is -1.70. The van der Waals surface area contributed by atoms with E-state index in [1.54, 1.807) is 0 Å². The number of nitrogens with zero attached hydrogens (tertiary/aromatic N) is 1. The monoisotopic (exact) mass is 253 g/mol. The lowest BCUT2D eigenvalue weighted by Gasteiger charge is -2.26. The van der Waals surface area contributed by atoms with Crippen molar-refractivity contribution in [3.8, 4) is 0 Å². The van der Waals surface area contributed by atoms with Crippen LogP contribution < -0.4 is 0 Å². The first-order valence-corrected chi connectivity index (χ1v) is 5.03. The molecule has 2 aliphatic rings. The summed E-state index contributed by atoms with van der Waals surface area (Å²) in [5.41, 5.74) is -1.51. The fourth-order valence-electron chi connectivity index (χ4n) is 2.53. The third-order valence-electron chi connectivity index (χ3n) is 3.22. The molecule has 2 heterocycles. The second kappa shape index (κ2) is 3.59. The van der Waals surface area contributed by atoms with Crippen LogP contribution in [0.2, 0.25) is 0 Å². The normalized spacial score (nSPS) is 33.0. The molecule has 1 N–H and O–H groups in total. The zero-order valence-corrected chi connectivity index (χ0v) is 8.66. The highest BCUT2D eigenvalue weighted by atomic mass is 19.4.